The fraction of sp³-hybridized carbons (Fsp3) is 0.833. The summed E-state index contributed by atoms with van der Waals surface area (Å²) < 4.78 is 0. The van der Waals surface area contributed by atoms with Crippen LogP contribution >= 0.6 is 0 Å². The van der Waals surface area contributed by atoms with Gasteiger partial charge in [-0.05, 0) is 39.2 Å². The van der Waals surface area contributed by atoms with Gasteiger partial charge >= 0.3 is 0 Å². The molecule has 1 unspecified atom stereocenters. The Morgan fingerprint density at radius 1 is 1.47 bits per heavy atom. The van der Waals surface area contributed by atoms with Gasteiger partial charge in [0.25, 0.3) is 0 Å². The molecule has 2 rings (SSSR count). The van der Waals surface area contributed by atoms with Gasteiger partial charge in [0, 0.05) is 13.1 Å². The van der Waals surface area contributed by atoms with Crippen molar-refractivity contribution in [3.8, 4) is 0 Å². The molecule has 2 aliphatic rings. The number of rotatable bonds is 4. The number of amides is 2. The second-order valence-electron chi connectivity index (χ2n) is 5.37. The Labute approximate surface area is 102 Å². The van der Waals surface area contributed by atoms with Gasteiger partial charge < -0.3 is 15.5 Å². The Kier molecular flexibility index (Phi) is 3.38. The Morgan fingerprint density at radius 2 is 2.18 bits per heavy atom. The molecular formula is C12H21N3O2. The molecule has 0 aromatic rings. The van der Waals surface area contributed by atoms with E-state index in [1.165, 1.54) is 4.90 Å². The molecule has 0 aromatic carbocycles. The van der Waals surface area contributed by atoms with Crippen molar-refractivity contribution in [3.05, 3.63) is 0 Å². The number of carbonyl (C=O) groups excluding carboxylic acids is 2. The van der Waals surface area contributed by atoms with Crippen LogP contribution in [0.5, 0.6) is 0 Å². The molecular weight excluding hydrogens is 218 g/mol. The monoisotopic (exact) mass is 239 g/mol. The van der Waals surface area contributed by atoms with Gasteiger partial charge in [-0.15, -0.1) is 0 Å². The molecule has 2 N–H and O–H groups in total. The lowest BCUT2D eigenvalue weighted by Gasteiger charge is -2.28. The lowest BCUT2D eigenvalue weighted by molar-refractivity contribution is -0.139. The molecule has 1 saturated carbocycles. The molecule has 1 atom stereocenters. The standard InChI is InChI=1S/C12H21N3O2/c1-12(6-3-7-13-12)11(17)15(2)8-10(16)14-9-4-5-9/h9,13H,3-8H2,1-2H3,(H,14,16). The summed E-state index contributed by atoms with van der Waals surface area (Å²) in [6, 6.07) is 0.353. The highest BCUT2D eigenvalue weighted by Gasteiger charge is 2.38. The van der Waals surface area contributed by atoms with Gasteiger partial charge in [0.05, 0.1) is 12.1 Å². The van der Waals surface area contributed by atoms with Crippen LogP contribution in [-0.2, 0) is 9.59 Å². The van der Waals surface area contributed by atoms with Crippen molar-refractivity contribution in [1.82, 2.24) is 15.5 Å². The molecule has 1 saturated heterocycles. The highest BCUT2D eigenvalue weighted by molar-refractivity contribution is 5.90. The highest BCUT2D eigenvalue weighted by atomic mass is 16.2. The van der Waals surface area contributed by atoms with Crippen LogP contribution in [0.4, 0.5) is 0 Å². The summed E-state index contributed by atoms with van der Waals surface area (Å²) in [5, 5.41) is 6.11. The van der Waals surface area contributed by atoms with E-state index in [1.807, 2.05) is 6.92 Å². The van der Waals surface area contributed by atoms with E-state index >= 15 is 0 Å². The van der Waals surface area contributed by atoms with Crippen molar-refractivity contribution in [2.24, 2.45) is 0 Å². The predicted octanol–water partition coefficient (Wildman–Crippen LogP) is -0.134. The first kappa shape index (κ1) is 12.4. The van der Waals surface area contributed by atoms with Crippen LogP contribution in [0.25, 0.3) is 0 Å². The Balaban J connectivity index is 1.83. The molecule has 1 heterocycles. The number of carbonyl (C=O) groups is 2. The third kappa shape index (κ3) is 2.97. The normalized spacial score (nSPS) is 27.9. The van der Waals surface area contributed by atoms with Crippen molar-refractivity contribution in [3.63, 3.8) is 0 Å². The second kappa shape index (κ2) is 4.64. The topological polar surface area (TPSA) is 61.4 Å². The van der Waals surface area contributed by atoms with Crippen LogP contribution in [0, 0.1) is 0 Å². The summed E-state index contributed by atoms with van der Waals surface area (Å²) in [5.41, 5.74) is -0.478. The molecule has 0 bridgehead atoms. The summed E-state index contributed by atoms with van der Waals surface area (Å²) in [7, 11) is 1.69. The summed E-state index contributed by atoms with van der Waals surface area (Å²) in [6.07, 6.45) is 4.01. The minimum absolute atomic E-state index is 0.0148. The van der Waals surface area contributed by atoms with Crippen molar-refractivity contribution in [2.75, 3.05) is 20.1 Å². The first-order chi connectivity index (χ1) is 8.01. The molecule has 1 aliphatic heterocycles. The SMILES string of the molecule is CN(CC(=O)NC1CC1)C(=O)C1(C)CCCN1. The van der Waals surface area contributed by atoms with Gasteiger partial charge in [-0.1, -0.05) is 0 Å². The summed E-state index contributed by atoms with van der Waals surface area (Å²) in [4.78, 5) is 25.3. The van der Waals surface area contributed by atoms with Gasteiger partial charge in [0.1, 0.15) is 0 Å². The lowest BCUT2D eigenvalue weighted by atomic mass is 9.99. The average molecular weight is 239 g/mol. The van der Waals surface area contributed by atoms with E-state index in [9.17, 15) is 9.59 Å². The van der Waals surface area contributed by atoms with E-state index in [1.54, 1.807) is 7.05 Å². The number of nitrogens with one attached hydrogen (secondary N) is 2. The molecule has 0 spiro atoms. The number of hydrogen-bond donors (Lipinski definition) is 2. The van der Waals surface area contributed by atoms with Crippen molar-refractivity contribution in [2.45, 2.75) is 44.2 Å². The first-order valence-electron chi connectivity index (χ1n) is 6.31. The van der Waals surface area contributed by atoms with Crippen LogP contribution in [-0.4, -0.2) is 48.4 Å². The number of likely N-dealkylation sites (N-methyl/N-ethyl adjacent to an activating group) is 1. The Bertz CT molecular complexity index is 320. The molecule has 2 fully saturated rings. The van der Waals surface area contributed by atoms with Gasteiger partial charge in [-0.2, -0.15) is 0 Å². The van der Waals surface area contributed by atoms with Crippen molar-refractivity contribution < 1.29 is 9.59 Å². The van der Waals surface area contributed by atoms with E-state index in [4.69, 9.17) is 0 Å². The highest BCUT2D eigenvalue weighted by Crippen LogP contribution is 2.21. The summed E-state index contributed by atoms with van der Waals surface area (Å²) in [6.45, 7) is 2.95. The van der Waals surface area contributed by atoms with Gasteiger partial charge in [-0.3, -0.25) is 9.59 Å². The number of nitrogens with zero attached hydrogens (tertiary/aromatic N) is 1. The van der Waals surface area contributed by atoms with Crippen LogP contribution in [0.1, 0.15) is 32.6 Å². The van der Waals surface area contributed by atoms with Gasteiger partial charge in [0.2, 0.25) is 11.8 Å². The first-order valence-corrected chi connectivity index (χ1v) is 6.31. The maximum atomic E-state index is 12.2. The van der Waals surface area contributed by atoms with Crippen molar-refractivity contribution in [1.29, 1.82) is 0 Å². The molecule has 17 heavy (non-hydrogen) atoms. The maximum absolute atomic E-state index is 12.2. The molecule has 96 valence electrons. The molecule has 5 nitrogen and oxygen atoms in total. The summed E-state index contributed by atoms with van der Waals surface area (Å²) >= 11 is 0. The molecule has 5 heteroatoms. The molecule has 0 radical (unpaired) electrons. The Morgan fingerprint density at radius 3 is 2.71 bits per heavy atom. The molecule has 0 aromatic heterocycles. The van der Waals surface area contributed by atoms with E-state index in [-0.39, 0.29) is 18.4 Å². The fourth-order valence-electron chi connectivity index (χ4n) is 2.29. The van der Waals surface area contributed by atoms with Crippen LogP contribution < -0.4 is 10.6 Å². The van der Waals surface area contributed by atoms with E-state index < -0.39 is 5.54 Å². The summed E-state index contributed by atoms with van der Waals surface area (Å²) in [5.74, 6) is -0.0362. The fourth-order valence-corrected chi connectivity index (χ4v) is 2.29. The van der Waals surface area contributed by atoms with Crippen LogP contribution in [0.3, 0.4) is 0 Å². The zero-order chi connectivity index (χ0) is 12.5. The third-order valence-electron chi connectivity index (χ3n) is 3.51. The van der Waals surface area contributed by atoms with E-state index in [0.717, 1.165) is 32.2 Å². The largest absolute Gasteiger partial charge is 0.352 e. The minimum Gasteiger partial charge on any atom is -0.352 e. The quantitative estimate of drug-likeness (QED) is 0.718. The third-order valence-corrected chi connectivity index (χ3v) is 3.51. The van der Waals surface area contributed by atoms with E-state index in [0.29, 0.717) is 6.04 Å². The Hall–Kier alpha value is -1.10. The average Bonchev–Trinajstić information content (AvgIpc) is 2.96. The van der Waals surface area contributed by atoms with Crippen molar-refractivity contribution >= 4 is 11.8 Å². The molecule has 2 amide bonds. The smallest absolute Gasteiger partial charge is 0.242 e. The van der Waals surface area contributed by atoms with E-state index in [2.05, 4.69) is 10.6 Å². The second-order valence-corrected chi connectivity index (χ2v) is 5.37. The van der Waals surface area contributed by atoms with Crippen LogP contribution in [0.15, 0.2) is 0 Å². The minimum atomic E-state index is -0.478. The van der Waals surface area contributed by atoms with Crippen LogP contribution in [0.2, 0.25) is 0 Å². The van der Waals surface area contributed by atoms with Gasteiger partial charge in [0.15, 0.2) is 0 Å². The predicted molar refractivity (Wildman–Crippen MR) is 64.4 cm³/mol. The zero-order valence-electron chi connectivity index (χ0n) is 10.6. The van der Waals surface area contributed by atoms with Gasteiger partial charge in [-0.25, -0.2) is 0 Å². The maximum Gasteiger partial charge on any atom is 0.242 e. The lowest BCUT2D eigenvalue weighted by Crippen LogP contribution is -2.53. The zero-order valence-corrected chi connectivity index (χ0v) is 10.6. The number of hydrogen-bond acceptors (Lipinski definition) is 3. The molecule has 1 aliphatic carbocycles.